The van der Waals surface area contributed by atoms with Crippen molar-refractivity contribution in [2.75, 3.05) is 33.4 Å². The Kier molecular flexibility index (Phi) is 12.6. The molecule has 10 heteroatoms. The summed E-state index contributed by atoms with van der Waals surface area (Å²) in [6.45, 7) is 4.10. The molecule has 0 spiro atoms. The second-order valence-electron chi connectivity index (χ2n) is 6.50. The monoisotopic (exact) mass is 564 g/mol. The van der Waals surface area contributed by atoms with Crippen LogP contribution in [0.2, 0.25) is 0 Å². The lowest BCUT2D eigenvalue weighted by molar-refractivity contribution is 0.204. The third-order valence-electron chi connectivity index (χ3n) is 4.24. The molecule has 2 aromatic carbocycles. The quantitative estimate of drug-likeness (QED) is 0.169. The van der Waals surface area contributed by atoms with Crippen LogP contribution in [0.25, 0.3) is 0 Å². The zero-order valence-corrected chi connectivity index (χ0v) is 20.9. The smallest absolute Gasteiger partial charge is 0.240 e. The number of hydrogen-bond acceptors (Lipinski definition) is 4. The SMILES string of the molecule is CCNC(=NCc1ccc(S(=O)(=O)NCCOC)cc1)NCCc1ccccc1F.I. The van der Waals surface area contributed by atoms with Gasteiger partial charge in [-0.3, -0.25) is 0 Å². The number of ether oxygens (including phenoxy) is 1. The summed E-state index contributed by atoms with van der Waals surface area (Å²) in [7, 11) is -2.04. The maximum atomic E-state index is 13.7. The van der Waals surface area contributed by atoms with Crippen LogP contribution >= 0.6 is 24.0 Å². The van der Waals surface area contributed by atoms with Gasteiger partial charge in [-0.2, -0.15) is 0 Å². The topological polar surface area (TPSA) is 91.8 Å². The minimum Gasteiger partial charge on any atom is -0.383 e. The predicted molar refractivity (Wildman–Crippen MR) is 132 cm³/mol. The van der Waals surface area contributed by atoms with Gasteiger partial charge in [0.25, 0.3) is 0 Å². The molecule has 7 nitrogen and oxygen atoms in total. The van der Waals surface area contributed by atoms with Crippen LogP contribution in [0.3, 0.4) is 0 Å². The molecule has 0 aliphatic rings. The number of methoxy groups -OCH3 is 1. The molecule has 0 radical (unpaired) electrons. The first-order valence-electron chi connectivity index (χ1n) is 9.79. The Bertz CT molecular complexity index is 924. The van der Waals surface area contributed by atoms with Crippen molar-refractivity contribution in [1.29, 1.82) is 0 Å². The van der Waals surface area contributed by atoms with Gasteiger partial charge in [-0.1, -0.05) is 30.3 Å². The summed E-state index contributed by atoms with van der Waals surface area (Å²) < 4.78 is 45.4. The summed E-state index contributed by atoms with van der Waals surface area (Å²) in [5, 5.41) is 6.33. The van der Waals surface area contributed by atoms with Crippen molar-refractivity contribution in [2.45, 2.75) is 24.8 Å². The summed E-state index contributed by atoms with van der Waals surface area (Å²) in [6, 6.07) is 13.3. The highest BCUT2D eigenvalue weighted by Gasteiger charge is 2.12. The van der Waals surface area contributed by atoms with Crippen molar-refractivity contribution >= 4 is 40.0 Å². The van der Waals surface area contributed by atoms with Gasteiger partial charge < -0.3 is 15.4 Å². The van der Waals surface area contributed by atoms with Gasteiger partial charge in [0.1, 0.15) is 5.82 Å². The lowest BCUT2D eigenvalue weighted by atomic mass is 10.1. The van der Waals surface area contributed by atoms with Gasteiger partial charge in [0.15, 0.2) is 5.96 Å². The predicted octanol–water partition coefficient (Wildman–Crippen LogP) is 2.67. The average molecular weight is 564 g/mol. The first-order valence-corrected chi connectivity index (χ1v) is 11.3. The van der Waals surface area contributed by atoms with E-state index in [0.717, 1.165) is 5.56 Å². The Morgan fingerprint density at radius 2 is 1.77 bits per heavy atom. The van der Waals surface area contributed by atoms with E-state index in [1.807, 2.05) is 13.0 Å². The van der Waals surface area contributed by atoms with Crippen LogP contribution in [-0.4, -0.2) is 47.7 Å². The third-order valence-corrected chi connectivity index (χ3v) is 5.72. The fraction of sp³-hybridized carbons (Fsp3) is 0.381. The van der Waals surface area contributed by atoms with Crippen LogP contribution in [0.4, 0.5) is 4.39 Å². The van der Waals surface area contributed by atoms with E-state index in [-0.39, 0.29) is 41.2 Å². The maximum absolute atomic E-state index is 13.7. The second kappa shape index (κ2) is 14.3. The number of hydrogen-bond donors (Lipinski definition) is 3. The number of halogens is 2. The van der Waals surface area contributed by atoms with Crippen molar-refractivity contribution < 1.29 is 17.5 Å². The molecule has 2 aromatic rings. The Labute approximate surface area is 201 Å². The number of nitrogens with zero attached hydrogens (tertiary/aromatic N) is 1. The standard InChI is InChI=1S/C21H29FN4O3S.HI/c1-3-23-21(24-13-12-18-6-4-5-7-20(18)22)25-16-17-8-10-19(11-9-17)30(27,28)26-14-15-29-2;/h4-11,26H,3,12-16H2,1-2H3,(H2,23,24,25);1H. The summed E-state index contributed by atoms with van der Waals surface area (Å²) in [4.78, 5) is 4.70. The minimum absolute atomic E-state index is 0. The normalized spacial score (nSPS) is 11.6. The van der Waals surface area contributed by atoms with Crippen molar-refractivity contribution in [2.24, 2.45) is 4.99 Å². The van der Waals surface area contributed by atoms with Crippen LogP contribution in [0, 0.1) is 5.82 Å². The molecule has 0 heterocycles. The highest BCUT2D eigenvalue weighted by Crippen LogP contribution is 2.11. The number of sulfonamides is 1. The zero-order valence-electron chi connectivity index (χ0n) is 17.7. The maximum Gasteiger partial charge on any atom is 0.240 e. The second-order valence-corrected chi connectivity index (χ2v) is 8.26. The molecule has 0 saturated carbocycles. The fourth-order valence-corrected chi connectivity index (χ4v) is 3.68. The van der Waals surface area contributed by atoms with E-state index in [1.165, 1.54) is 13.2 Å². The first kappa shape index (κ1) is 27.3. The highest BCUT2D eigenvalue weighted by molar-refractivity contribution is 14.0. The Hall–Kier alpha value is -1.76. The Morgan fingerprint density at radius 1 is 1.06 bits per heavy atom. The van der Waals surface area contributed by atoms with Crippen LogP contribution in [0.15, 0.2) is 58.4 Å². The average Bonchev–Trinajstić information content (AvgIpc) is 2.74. The van der Waals surface area contributed by atoms with Gasteiger partial charge in [0.2, 0.25) is 10.0 Å². The molecule has 0 aliphatic heterocycles. The Balaban J connectivity index is 0.00000480. The van der Waals surface area contributed by atoms with E-state index < -0.39 is 10.0 Å². The fourth-order valence-electron chi connectivity index (χ4n) is 2.66. The summed E-state index contributed by atoms with van der Waals surface area (Å²) in [6.07, 6.45) is 0.541. The molecule has 0 amide bonds. The van der Waals surface area contributed by atoms with E-state index in [4.69, 9.17) is 4.74 Å². The van der Waals surface area contributed by atoms with Gasteiger partial charge in [-0.05, 0) is 42.7 Å². The van der Waals surface area contributed by atoms with Crippen molar-refractivity contribution in [3.8, 4) is 0 Å². The van der Waals surface area contributed by atoms with Crippen LogP contribution in [-0.2, 0) is 27.7 Å². The number of benzene rings is 2. The minimum atomic E-state index is -3.55. The summed E-state index contributed by atoms with van der Waals surface area (Å²) >= 11 is 0. The van der Waals surface area contributed by atoms with E-state index in [1.54, 1.807) is 36.4 Å². The zero-order chi connectivity index (χ0) is 21.8. The highest BCUT2D eigenvalue weighted by atomic mass is 127. The molecule has 0 bridgehead atoms. The van der Waals surface area contributed by atoms with Crippen molar-refractivity contribution in [3.63, 3.8) is 0 Å². The van der Waals surface area contributed by atoms with Crippen molar-refractivity contribution in [3.05, 3.63) is 65.5 Å². The number of nitrogens with one attached hydrogen (secondary N) is 3. The molecule has 3 N–H and O–H groups in total. The summed E-state index contributed by atoms with van der Waals surface area (Å²) in [5.74, 6) is 0.403. The number of aliphatic imine (C=N–C) groups is 1. The third kappa shape index (κ3) is 9.50. The Morgan fingerprint density at radius 3 is 2.42 bits per heavy atom. The molecule has 0 saturated heterocycles. The molecule has 0 aliphatic carbocycles. The number of guanidine groups is 1. The molecular formula is C21H30FIN4O3S. The molecular weight excluding hydrogens is 534 g/mol. The van der Waals surface area contributed by atoms with Gasteiger partial charge in [-0.25, -0.2) is 22.5 Å². The molecule has 172 valence electrons. The molecule has 0 fully saturated rings. The van der Waals surface area contributed by atoms with Crippen LogP contribution < -0.4 is 15.4 Å². The van der Waals surface area contributed by atoms with Crippen LogP contribution in [0.5, 0.6) is 0 Å². The number of rotatable bonds is 11. The van der Waals surface area contributed by atoms with Crippen LogP contribution in [0.1, 0.15) is 18.1 Å². The van der Waals surface area contributed by atoms with Gasteiger partial charge in [0.05, 0.1) is 18.0 Å². The van der Waals surface area contributed by atoms with Gasteiger partial charge in [0, 0.05) is 26.7 Å². The molecule has 0 unspecified atom stereocenters. The van der Waals surface area contributed by atoms with E-state index in [0.29, 0.717) is 44.2 Å². The van der Waals surface area contributed by atoms with E-state index in [2.05, 4.69) is 20.3 Å². The first-order chi connectivity index (χ1) is 14.5. The van der Waals surface area contributed by atoms with E-state index in [9.17, 15) is 12.8 Å². The molecule has 31 heavy (non-hydrogen) atoms. The molecule has 2 rings (SSSR count). The van der Waals surface area contributed by atoms with Gasteiger partial charge >= 0.3 is 0 Å². The van der Waals surface area contributed by atoms with Gasteiger partial charge in [-0.15, -0.1) is 24.0 Å². The largest absolute Gasteiger partial charge is 0.383 e. The van der Waals surface area contributed by atoms with E-state index >= 15 is 0 Å². The molecule has 0 aromatic heterocycles. The lowest BCUT2D eigenvalue weighted by Crippen LogP contribution is -2.38. The summed E-state index contributed by atoms with van der Waals surface area (Å²) in [5.41, 5.74) is 1.52. The molecule has 0 atom stereocenters. The lowest BCUT2D eigenvalue weighted by Gasteiger charge is -2.12. The van der Waals surface area contributed by atoms with Crippen molar-refractivity contribution in [1.82, 2.24) is 15.4 Å².